The molecule has 0 spiro atoms. The van der Waals surface area contributed by atoms with Crippen molar-refractivity contribution < 1.29 is 4.74 Å². The second kappa shape index (κ2) is 9.62. The number of methoxy groups -OCH3 is 1. The van der Waals surface area contributed by atoms with Crippen molar-refractivity contribution in [2.24, 2.45) is 10.7 Å². The Labute approximate surface area is 152 Å². The predicted octanol–water partition coefficient (Wildman–Crippen LogP) is 3.25. The van der Waals surface area contributed by atoms with Crippen LogP contribution >= 0.6 is 35.3 Å². The first-order valence-electron chi connectivity index (χ1n) is 6.85. The molecule has 0 atom stereocenters. The van der Waals surface area contributed by atoms with Crippen molar-refractivity contribution in [2.45, 2.75) is 19.9 Å². The lowest BCUT2D eigenvalue weighted by molar-refractivity contribution is 0.415. The third-order valence-corrected chi connectivity index (χ3v) is 3.80. The van der Waals surface area contributed by atoms with Crippen LogP contribution in [0.25, 0.3) is 10.6 Å². The van der Waals surface area contributed by atoms with Crippen molar-refractivity contribution in [2.75, 3.05) is 13.7 Å². The van der Waals surface area contributed by atoms with Crippen LogP contribution in [0, 0.1) is 0 Å². The fourth-order valence-electron chi connectivity index (χ4n) is 1.72. The molecule has 0 amide bonds. The number of ether oxygens (including phenoxy) is 1. The molecule has 0 aliphatic rings. The summed E-state index contributed by atoms with van der Waals surface area (Å²) < 4.78 is 5.15. The van der Waals surface area contributed by atoms with E-state index in [1.54, 1.807) is 18.4 Å². The minimum absolute atomic E-state index is 0. The highest BCUT2D eigenvalue weighted by Crippen LogP contribution is 2.25. The highest BCUT2D eigenvalue weighted by atomic mass is 127. The number of rotatable bonds is 6. The second-order valence-corrected chi connectivity index (χ2v) is 5.36. The molecule has 1 aromatic carbocycles. The normalized spacial score (nSPS) is 10.9. The van der Waals surface area contributed by atoms with Gasteiger partial charge in [0, 0.05) is 17.5 Å². The van der Waals surface area contributed by atoms with E-state index < -0.39 is 0 Å². The molecule has 0 aliphatic heterocycles. The van der Waals surface area contributed by atoms with Gasteiger partial charge in [0.05, 0.1) is 19.3 Å². The minimum atomic E-state index is 0. The summed E-state index contributed by atoms with van der Waals surface area (Å²) in [7, 11) is 1.66. The molecule has 1 heterocycles. The van der Waals surface area contributed by atoms with E-state index in [0.29, 0.717) is 12.5 Å². The number of hydrogen-bond donors (Lipinski definition) is 2. The lowest BCUT2D eigenvalue weighted by Gasteiger charge is -2.02. The molecule has 0 saturated heterocycles. The molecule has 0 fully saturated rings. The Morgan fingerprint density at radius 2 is 2.09 bits per heavy atom. The molecule has 0 aliphatic carbocycles. The Bertz CT molecular complexity index is 598. The van der Waals surface area contributed by atoms with Gasteiger partial charge in [-0.15, -0.1) is 35.3 Å². The molecule has 120 valence electrons. The molecular weight excluding hydrogens is 411 g/mol. The number of nitrogens with zero attached hydrogens (tertiary/aromatic N) is 2. The predicted molar refractivity (Wildman–Crippen MR) is 103 cm³/mol. The van der Waals surface area contributed by atoms with Crippen LogP contribution in [0.5, 0.6) is 5.75 Å². The third kappa shape index (κ3) is 5.45. The number of nitrogens with two attached hydrogens (primary N) is 1. The first kappa shape index (κ1) is 18.7. The van der Waals surface area contributed by atoms with Gasteiger partial charge in [-0.2, -0.15) is 0 Å². The molecule has 1 aromatic heterocycles. The van der Waals surface area contributed by atoms with Crippen LogP contribution in [0.15, 0.2) is 34.6 Å². The standard InChI is InChI=1S/C15H20N4OS.HI/c1-3-8-17-15(16)18-9-12-10-21-14(19-12)11-4-6-13(20-2)7-5-11;/h4-7,10H,3,8-9H2,1-2H3,(H3,16,17,18);1H. The molecule has 2 rings (SSSR count). The molecule has 22 heavy (non-hydrogen) atoms. The van der Waals surface area contributed by atoms with Crippen LogP contribution in [0.4, 0.5) is 0 Å². The van der Waals surface area contributed by atoms with Crippen LogP contribution < -0.4 is 15.8 Å². The fourth-order valence-corrected chi connectivity index (χ4v) is 2.54. The first-order valence-corrected chi connectivity index (χ1v) is 7.73. The van der Waals surface area contributed by atoms with E-state index in [2.05, 4.69) is 22.2 Å². The average Bonchev–Trinajstić information content (AvgIpc) is 3.00. The van der Waals surface area contributed by atoms with E-state index in [1.165, 1.54) is 0 Å². The number of benzene rings is 1. The summed E-state index contributed by atoms with van der Waals surface area (Å²) in [6.07, 6.45) is 1.02. The summed E-state index contributed by atoms with van der Waals surface area (Å²) in [5, 5.41) is 6.03. The Hall–Kier alpha value is -1.35. The molecule has 7 heteroatoms. The number of hydrogen-bond acceptors (Lipinski definition) is 4. The zero-order chi connectivity index (χ0) is 15.1. The van der Waals surface area contributed by atoms with E-state index in [1.807, 2.05) is 29.6 Å². The van der Waals surface area contributed by atoms with Crippen LogP contribution in [0.3, 0.4) is 0 Å². The average molecular weight is 432 g/mol. The third-order valence-electron chi connectivity index (χ3n) is 2.86. The molecule has 2 aromatic rings. The van der Waals surface area contributed by atoms with Crippen molar-refractivity contribution in [3.63, 3.8) is 0 Å². The Morgan fingerprint density at radius 1 is 1.36 bits per heavy atom. The maximum atomic E-state index is 5.76. The number of halogens is 1. The highest BCUT2D eigenvalue weighted by molar-refractivity contribution is 14.0. The zero-order valence-electron chi connectivity index (χ0n) is 12.7. The monoisotopic (exact) mass is 432 g/mol. The van der Waals surface area contributed by atoms with E-state index in [0.717, 1.165) is 35.0 Å². The Kier molecular flexibility index (Phi) is 8.18. The van der Waals surface area contributed by atoms with Gasteiger partial charge in [0.1, 0.15) is 10.8 Å². The van der Waals surface area contributed by atoms with Crippen molar-refractivity contribution in [1.82, 2.24) is 10.3 Å². The highest BCUT2D eigenvalue weighted by Gasteiger charge is 2.05. The van der Waals surface area contributed by atoms with Crippen molar-refractivity contribution in [3.8, 4) is 16.3 Å². The van der Waals surface area contributed by atoms with E-state index in [4.69, 9.17) is 10.5 Å². The van der Waals surface area contributed by atoms with Gasteiger partial charge < -0.3 is 15.8 Å². The number of aromatic nitrogens is 1. The van der Waals surface area contributed by atoms with Gasteiger partial charge in [0.2, 0.25) is 0 Å². The summed E-state index contributed by atoms with van der Waals surface area (Å²) in [4.78, 5) is 8.85. The summed E-state index contributed by atoms with van der Waals surface area (Å²) >= 11 is 1.60. The molecule has 0 unspecified atom stereocenters. The lowest BCUT2D eigenvalue weighted by atomic mass is 10.2. The minimum Gasteiger partial charge on any atom is -0.497 e. The zero-order valence-corrected chi connectivity index (χ0v) is 15.9. The van der Waals surface area contributed by atoms with Crippen LogP contribution in [-0.4, -0.2) is 24.6 Å². The maximum Gasteiger partial charge on any atom is 0.188 e. The first-order chi connectivity index (χ1) is 10.2. The fraction of sp³-hybridized carbons (Fsp3) is 0.333. The van der Waals surface area contributed by atoms with Crippen molar-refractivity contribution in [1.29, 1.82) is 0 Å². The van der Waals surface area contributed by atoms with E-state index in [-0.39, 0.29) is 24.0 Å². The van der Waals surface area contributed by atoms with Gasteiger partial charge in [0.25, 0.3) is 0 Å². The number of nitrogens with one attached hydrogen (secondary N) is 1. The SMILES string of the molecule is CCCNC(N)=NCc1csc(-c2ccc(OC)cc2)n1.I. The number of aliphatic imine (C=N–C) groups is 1. The summed E-state index contributed by atoms with van der Waals surface area (Å²) in [6.45, 7) is 3.42. The molecule has 3 N–H and O–H groups in total. The lowest BCUT2D eigenvalue weighted by Crippen LogP contribution is -2.32. The molecule has 0 saturated carbocycles. The van der Waals surface area contributed by atoms with E-state index in [9.17, 15) is 0 Å². The van der Waals surface area contributed by atoms with Gasteiger partial charge >= 0.3 is 0 Å². The van der Waals surface area contributed by atoms with E-state index >= 15 is 0 Å². The molecular formula is C15H21IN4OS. The summed E-state index contributed by atoms with van der Waals surface area (Å²) in [5.74, 6) is 1.31. The molecule has 5 nitrogen and oxygen atoms in total. The van der Waals surface area contributed by atoms with Gasteiger partial charge in [-0.1, -0.05) is 6.92 Å². The second-order valence-electron chi connectivity index (χ2n) is 4.50. The number of guanidine groups is 1. The molecule has 0 bridgehead atoms. The van der Waals surface area contributed by atoms with Crippen LogP contribution in [0.1, 0.15) is 19.0 Å². The van der Waals surface area contributed by atoms with Crippen molar-refractivity contribution in [3.05, 3.63) is 35.3 Å². The van der Waals surface area contributed by atoms with Gasteiger partial charge in [-0.3, -0.25) is 0 Å². The smallest absolute Gasteiger partial charge is 0.188 e. The topological polar surface area (TPSA) is 72.5 Å². The quantitative estimate of drug-likeness (QED) is 0.418. The largest absolute Gasteiger partial charge is 0.497 e. The summed E-state index contributed by atoms with van der Waals surface area (Å²) in [6, 6.07) is 7.87. The van der Waals surface area contributed by atoms with Crippen LogP contribution in [0.2, 0.25) is 0 Å². The number of thiazole rings is 1. The van der Waals surface area contributed by atoms with Gasteiger partial charge in [-0.25, -0.2) is 9.98 Å². The van der Waals surface area contributed by atoms with Crippen molar-refractivity contribution >= 4 is 41.3 Å². The maximum absolute atomic E-state index is 5.76. The Morgan fingerprint density at radius 3 is 2.73 bits per heavy atom. The molecule has 0 radical (unpaired) electrons. The van der Waals surface area contributed by atoms with Crippen LogP contribution in [-0.2, 0) is 6.54 Å². The van der Waals surface area contributed by atoms with Gasteiger partial charge in [-0.05, 0) is 30.7 Å². The Balaban J connectivity index is 0.00000242. The summed E-state index contributed by atoms with van der Waals surface area (Å²) in [5.41, 5.74) is 7.76. The van der Waals surface area contributed by atoms with Gasteiger partial charge in [0.15, 0.2) is 5.96 Å².